The monoisotopic (exact) mass is 525 g/mol. The summed E-state index contributed by atoms with van der Waals surface area (Å²) >= 11 is 14.7. The summed E-state index contributed by atoms with van der Waals surface area (Å²) in [7, 11) is 0. The number of hydrogen-bond acceptors (Lipinski definition) is 3. The Morgan fingerprint density at radius 3 is 2.50 bits per heavy atom. The van der Waals surface area contributed by atoms with Gasteiger partial charge in [0.05, 0.1) is 14.6 Å². The van der Waals surface area contributed by atoms with Crippen LogP contribution in [0, 0.1) is 0 Å². The molecule has 3 N–H and O–H groups in total. The maximum Gasteiger partial charge on any atom is 0.0931 e. The van der Waals surface area contributed by atoms with Gasteiger partial charge in [0.15, 0.2) is 0 Å². The number of hydrogen-bond donors (Lipinski definition) is 2. The molecular weight excluding hydrogens is 504 g/mol. The third-order valence-electron chi connectivity index (χ3n) is 5.72. The molecule has 6 heteroatoms. The molecule has 1 aliphatic carbocycles. The zero-order valence-electron chi connectivity index (χ0n) is 15.4. The minimum Gasteiger partial charge on any atom is -0.319 e. The summed E-state index contributed by atoms with van der Waals surface area (Å²) in [5.74, 6) is 0. The van der Waals surface area contributed by atoms with Crippen molar-refractivity contribution in [3.63, 3.8) is 0 Å². The molecular formula is C22H22Cl2IN3. The molecule has 28 heavy (non-hydrogen) atoms. The number of alkyl halides is 1. The molecule has 0 aliphatic heterocycles. The second kappa shape index (κ2) is 8.07. The average molecular weight is 526 g/mol. The van der Waals surface area contributed by atoms with E-state index in [9.17, 15) is 0 Å². The molecule has 0 bridgehead atoms. The van der Waals surface area contributed by atoms with E-state index in [1.54, 1.807) is 0 Å². The number of rotatable bonds is 4. The van der Waals surface area contributed by atoms with E-state index < -0.39 is 5.54 Å². The molecule has 0 radical (unpaired) electrons. The van der Waals surface area contributed by atoms with Crippen molar-refractivity contribution >= 4 is 56.7 Å². The largest absolute Gasteiger partial charge is 0.319 e. The minimum atomic E-state index is -0.507. The van der Waals surface area contributed by atoms with Gasteiger partial charge in [-0.15, -0.1) is 0 Å². The van der Waals surface area contributed by atoms with Gasteiger partial charge in [-0.25, -0.2) is 0 Å². The second-order valence-corrected chi connectivity index (χ2v) is 10.2. The van der Waals surface area contributed by atoms with Gasteiger partial charge in [0.1, 0.15) is 0 Å². The summed E-state index contributed by atoms with van der Waals surface area (Å²) in [6, 6.07) is 15.9. The molecule has 146 valence electrons. The Morgan fingerprint density at radius 1 is 1.00 bits per heavy atom. The van der Waals surface area contributed by atoms with Crippen LogP contribution in [0.25, 0.3) is 10.9 Å². The predicted molar refractivity (Wildman–Crippen MR) is 126 cm³/mol. The molecule has 2 aromatic carbocycles. The molecule has 2 unspecified atom stereocenters. The van der Waals surface area contributed by atoms with Crippen LogP contribution in [-0.4, -0.2) is 8.53 Å². The number of nitrogens with two attached hydrogens (primary N) is 1. The fraction of sp³-hybridized carbons (Fsp3) is 0.318. The Hall–Kier alpha value is -0.920. The van der Waals surface area contributed by atoms with Crippen LogP contribution in [0.3, 0.4) is 0 Å². The van der Waals surface area contributed by atoms with Crippen LogP contribution in [-0.2, 0) is 12.1 Å². The van der Waals surface area contributed by atoms with Crippen LogP contribution < -0.4 is 11.1 Å². The predicted octanol–water partition coefficient (Wildman–Crippen LogP) is 6.19. The van der Waals surface area contributed by atoms with Gasteiger partial charge >= 0.3 is 0 Å². The number of fused-ring (bicyclic) bond motifs is 1. The van der Waals surface area contributed by atoms with E-state index in [0.29, 0.717) is 5.02 Å². The number of halogens is 3. The van der Waals surface area contributed by atoms with Gasteiger partial charge < -0.3 is 5.73 Å². The topological polar surface area (TPSA) is 50.9 Å². The van der Waals surface area contributed by atoms with Crippen LogP contribution in [0.15, 0.2) is 54.7 Å². The lowest BCUT2D eigenvalue weighted by Crippen LogP contribution is -2.63. The number of pyridine rings is 1. The zero-order chi connectivity index (χ0) is 19.8. The lowest BCUT2D eigenvalue weighted by molar-refractivity contribution is 0.202. The molecule has 0 spiro atoms. The SMILES string of the molecule is NC1(c2ccnc3cc(Cl)ccc23)CCCCC1(I)NCc1ccc(Cl)cc1. The highest BCUT2D eigenvalue weighted by Crippen LogP contribution is 2.48. The normalized spacial score (nSPS) is 25.1. The number of benzene rings is 2. The molecule has 2 atom stereocenters. The highest BCUT2D eigenvalue weighted by molar-refractivity contribution is 14.1. The van der Waals surface area contributed by atoms with E-state index in [2.05, 4.69) is 51.1 Å². The minimum absolute atomic E-state index is 0.267. The van der Waals surface area contributed by atoms with Gasteiger partial charge in [-0.05, 0) is 54.3 Å². The van der Waals surface area contributed by atoms with Gasteiger partial charge in [0, 0.05) is 28.2 Å². The highest BCUT2D eigenvalue weighted by Gasteiger charge is 2.50. The van der Waals surface area contributed by atoms with Crippen molar-refractivity contribution in [3.8, 4) is 0 Å². The molecule has 1 fully saturated rings. The van der Waals surface area contributed by atoms with E-state index in [-0.39, 0.29) is 3.55 Å². The molecule has 3 nitrogen and oxygen atoms in total. The number of aromatic nitrogens is 1. The van der Waals surface area contributed by atoms with Crippen molar-refractivity contribution in [3.05, 3.63) is 75.9 Å². The lowest BCUT2D eigenvalue weighted by atomic mass is 9.72. The average Bonchev–Trinajstić information content (AvgIpc) is 2.69. The van der Waals surface area contributed by atoms with Crippen LogP contribution in [0.2, 0.25) is 10.0 Å². The summed E-state index contributed by atoms with van der Waals surface area (Å²) < 4.78 is -0.267. The van der Waals surface area contributed by atoms with Crippen LogP contribution in [0.1, 0.15) is 36.8 Å². The molecule has 1 aliphatic rings. The van der Waals surface area contributed by atoms with Crippen molar-refractivity contribution in [2.45, 2.75) is 41.3 Å². The van der Waals surface area contributed by atoms with Gasteiger partial charge in [0.2, 0.25) is 0 Å². The van der Waals surface area contributed by atoms with E-state index in [1.165, 1.54) is 5.56 Å². The Balaban J connectivity index is 1.71. The fourth-order valence-electron chi connectivity index (χ4n) is 4.14. The van der Waals surface area contributed by atoms with Crippen molar-refractivity contribution < 1.29 is 0 Å². The molecule has 1 heterocycles. The van der Waals surface area contributed by atoms with E-state index in [1.807, 2.05) is 36.5 Å². The van der Waals surface area contributed by atoms with Crippen LogP contribution in [0.5, 0.6) is 0 Å². The first-order valence-electron chi connectivity index (χ1n) is 9.43. The first-order chi connectivity index (χ1) is 13.4. The summed E-state index contributed by atoms with van der Waals surface area (Å²) in [6.45, 7) is 0.744. The molecule has 3 aromatic rings. The highest BCUT2D eigenvalue weighted by atomic mass is 127. The summed E-state index contributed by atoms with van der Waals surface area (Å²) in [5, 5.41) is 6.28. The van der Waals surface area contributed by atoms with E-state index in [4.69, 9.17) is 28.9 Å². The first kappa shape index (κ1) is 20.4. The molecule has 4 rings (SSSR count). The number of nitrogens with zero attached hydrogens (tertiary/aromatic N) is 1. The quantitative estimate of drug-likeness (QED) is 0.242. The Kier molecular flexibility index (Phi) is 5.87. The Bertz CT molecular complexity index is 995. The zero-order valence-corrected chi connectivity index (χ0v) is 19.1. The van der Waals surface area contributed by atoms with Gasteiger partial charge in [0.25, 0.3) is 0 Å². The van der Waals surface area contributed by atoms with Crippen molar-refractivity contribution in [2.75, 3.05) is 0 Å². The van der Waals surface area contributed by atoms with Crippen LogP contribution >= 0.6 is 45.8 Å². The van der Waals surface area contributed by atoms with E-state index in [0.717, 1.165) is 53.7 Å². The Morgan fingerprint density at radius 2 is 1.71 bits per heavy atom. The van der Waals surface area contributed by atoms with Crippen molar-refractivity contribution in [2.24, 2.45) is 5.73 Å². The second-order valence-electron chi connectivity index (χ2n) is 7.48. The van der Waals surface area contributed by atoms with Crippen molar-refractivity contribution in [1.82, 2.24) is 10.3 Å². The summed E-state index contributed by atoms with van der Waals surface area (Å²) in [4.78, 5) is 4.50. The van der Waals surface area contributed by atoms with E-state index >= 15 is 0 Å². The number of nitrogens with one attached hydrogen (secondary N) is 1. The Labute approximate surface area is 189 Å². The lowest BCUT2D eigenvalue weighted by Gasteiger charge is -2.49. The maximum absolute atomic E-state index is 7.20. The standard InChI is InChI=1S/C22H22Cl2IN3/c23-16-5-3-15(4-6-16)14-28-22(25)11-2-1-10-21(22,26)19-9-12-27-20-13-17(24)7-8-18(19)20/h3-9,12-13,28H,1-2,10-11,14,26H2. The molecule has 1 aromatic heterocycles. The summed E-state index contributed by atoms with van der Waals surface area (Å²) in [5.41, 5.74) is 9.90. The third-order valence-corrected chi connectivity index (χ3v) is 8.09. The maximum atomic E-state index is 7.20. The van der Waals surface area contributed by atoms with Gasteiger partial charge in [-0.1, -0.05) is 76.8 Å². The molecule has 0 saturated heterocycles. The molecule has 1 saturated carbocycles. The molecule has 0 amide bonds. The smallest absolute Gasteiger partial charge is 0.0931 e. The first-order valence-corrected chi connectivity index (χ1v) is 11.3. The van der Waals surface area contributed by atoms with Crippen LogP contribution in [0.4, 0.5) is 0 Å². The van der Waals surface area contributed by atoms with Gasteiger partial charge in [-0.2, -0.15) is 0 Å². The van der Waals surface area contributed by atoms with Crippen molar-refractivity contribution in [1.29, 1.82) is 0 Å². The summed E-state index contributed by atoms with van der Waals surface area (Å²) in [6.07, 6.45) is 6.04. The fourth-order valence-corrected chi connectivity index (χ4v) is 5.57. The third kappa shape index (κ3) is 3.77. The van der Waals surface area contributed by atoms with Gasteiger partial charge in [-0.3, -0.25) is 10.3 Å².